The Labute approximate surface area is 183 Å². The quantitative estimate of drug-likeness (QED) is 0.245. The number of rotatable bonds is 10. The standard InChI is InChI=1S/C21H23N3O8/c1-3-4-14(2)12-22-20(25)15-5-6-16(19(11-15)24(29)30)13-31-21(26)32-18-9-7-17(8-10-18)23(27)28/h5-11,14H,3-4,12-13H2,1-2H3,(H,22,25). The number of amides is 1. The minimum absolute atomic E-state index is 0.0134. The van der Waals surface area contributed by atoms with E-state index >= 15 is 0 Å². The van der Waals surface area contributed by atoms with Gasteiger partial charge in [-0.05, 0) is 36.6 Å². The van der Waals surface area contributed by atoms with E-state index in [1.54, 1.807) is 0 Å². The molecule has 170 valence electrons. The summed E-state index contributed by atoms with van der Waals surface area (Å²) in [5.41, 5.74) is -0.350. The van der Waals surface area contributed by atoms with Crippen molar-refractivity contribution in [1.29, 1.82) is 0 Å². The van der Waals surface area contributed by atoms with Crippen LogP contribution in [0.15, 0.2) is 42.5 Å². The number of carbonyl (C=O) groups excluding carboxylic acids is 2. The lowest BCUT2D eigenvalue weighted by molar-refractivity contribution is -0.385. The molecule has 2 aromatic rings. The highest BCUT2D eigenvalue weighted by Crippen LogP contribution is 2.22. The van der Waals surface area contributed by atoms with Crippen LogP contribution in [0.2, 0.25) is 0 Å². The average Bonchev–Trinajstić information content (AvgIpc) is 2.76. The number of nitro benzene ring substituents is 2. The molecular formula is C21H23N3O8. The van der Waals surface area contributed by atoms with Crippen LogP contribution in [0.25, 0.3) is 0 Å². The maximum atomic E-state index is 12.3. The van der Waals surface area contributed by atoms with Gasteiger partial charge in [-0.25, -0.2) is 4.79 Å². The summed E-state index contributed by atoms with van der Waals surface area (Å²) in [7, 11) is 0. The Morgan fingerprint density at radius 2 is 1.75 bits per heavy atom. The molecule has 0 heterocycles. The Morgan fingerprint density at radius 1 is 1.06 bits per heavy atom. The van der Waals surface area contributed by atoms with E-state index in [-0.39, 0.29) is 34.2 Å². The summed E-state index contributed by atoms with van der Waals surface area (Å²) < 4.78 is 9.80. The van der Waals surface area contributed by atoms with Crippen LogP contribution in [0.5, 0.6) is 5.75 Å². The van der Waals surface area contributed by atoms with E-state index in [1.165, 1.54) is 24.3 Å². The first-order valence-electron chi connectivity index (χ1n) is 9.85. The fraction of sp³-hybridized carbons (Fsp3) is 0.333. The van der Waals surface area contributed by atoms with Gasteiger partial charge in [-0.2, -0.15) is 0 Å². The van der Waals surface area contributed by atoms with Crippen LogP contribution in [0.1, 0.15) is 42.6 Å². The van der Waals surface area contributed by atoms with Crippen molar-refractivity contribution in [2.24, 2.45) is 5.92 Å². The summed E-state index contributed by atoms with van der Waals surface area (Å²) in [6.07, 6.45) is 0.802. The van der Waals surface area contributed by atoms with Gasteiger partial charge in [0.1, 0.15) is 12.4 Å². The number of non-ortho nitro benzene ring substituents is 1. The van der Waals surface area contributed by atoms with Crippen molar-refractivity contribution in [3.63, 3.8) is 0 Å². The predicted octanol–water partition coefficient (Wildman–Crippen LogP) is 4.38. The molecule has 11 heteroatoms. The lowest BCUT2D eigenvalue weighted by atomic mass is 10.1. The molecule has 2 aromatic carbocycles. The molecule has 0 fully saturated rings. The average molecular weight is 445 g/mol. The minimum Gasteiger partial charge on any atom is -0.429 e. The summed E-state index contributed by atoms with van der Waals surface area (Å²) >= 11 is 0. The maximum Gasteiger partial charge on any atom is 0.514 e. The predicted molar refractivity (Wildman–Crippen MR) is 113 cm³/mol. The number of nitro groups is 2. The Balaban J connectivity index is 2.00. The highest BCUT2D eigenvalue weighted by Gasteiger charge is 2.20. The van der Waals surface area contributed by atoms with E-state index in [0.717, 1.165) is 31.0 Å². The van der Waals surface area contributed by atoms with Crippen molar-refractivity contribution in [1.82, 2.24) is 5.32 Å². The second kappa shape index (κ2) is 11.4. The zero-order valence-electron chi connectivity index (χ0n) is 17.6. The first-order valence-corrected chi connectivity index (χ1v) is 9.85. The fourth-order valence-electron chi connectivity index (χ4n) is 2.86. The topological polar surface area (TPSA) is 151 Å². The summed E-state index contributed by atoms with van der Waals surface area (Å²) in [5, 5.41) is 24.8. The maximum absolute atomic E-state index is 12.3. The number of benzene rings is 2. The molecule has 0 aliphatic heterocycles. The number of ether oxygens (including phenoxy) is 2. The third-order valence-corrected chi connectivity index (χ3v) is 4.53. The molecule has 1 unspecified atom stereocenters. The van der Waals surface area contributed by atoms with Crippen molar-refractivity contribution < 1.29 is 28.9 Å². The second-order valence-corrected chi connectivity index (χ2v) is 7.10. The zero-order valence-corrected chi connectivity index (χ0v) is 17.6. The van der Waals surface area contributed by atoms with Gasteiger partial charge in [0.05, 0.1) is 15.4 Å². The van der Waals surface area contributed by atoms with Crippen LogP contribution in [-0.2, 0) is 11.3 Å². The van der Waals surface area contributed by atoms with E-state index in [1.807, 2.05) is 13.8 Å². The number of nitrogens with zero attached hydrogens (tertiary/aromatic N) is 2. The SMILES string of the molecule is CCCC(C)CNC(=O)c1ccc(COC(=O)Oc2ccc([N+](=O)[O-])cc2)c([N+](=O)[O-])c1. The van der Waals surface area contributed by atoms with Crippen LogP contribution >= 0.6 is 0 Å². The lowest BCUT2D eigenvalue weighted by Crippen LogP contribution is -2.28. The summed E-state index contributed by atoms with van der Waals surface area (Å²) in [5.74, 6) is -0.131. The zero-order chi connectivity index (χ0) is 23.7. The third-order valence-electron chi connectivity index (χ3n) is 4.53. The van der Waals surface area contributed by atoms with E-state index in [4.69, 9.17) is 9.47 Å². The van der Waals surface area contributed by atoms with Crippen LogP contribution in [-0.4, -0.2) is 28.5 Å². The van der Waals surface area contributed by atoms with E-state index in [9.17, 15) is 29.8 Å². The Hall–Kier alpha value is -4.02. The molecule has 11 nitrogen and oxygen atoms in total. The summed E-state index contributed by atoms with van der Waals surface area (Å²) in [6, 6.07) is 8.61. The molecule has 0 aliphatic carbocycles. The molecule has 1 amide bonds. The molecule has 1 atom stereocenters. The summed E-state index contributed by atoms with van der Waals surface area (Å²) in [6.45, 7) is 4.05. The van der Waals surface area contributed by atoms with Gasteiger partial charge in [0.2, 0.25) is 0 Å². The molecule has 0 aliphatic rings. The van der Waals surface area contributed by atoms with Crippen molar-refractivity contribution in [3.05, 3.63) is 73.8 Å². The van der Waals surface area contributed by atoms with Gasteiger partial charge in [0.25, 0.3) is 17.3 Å². The van der Waals surface area contributed by atoms with E-state index in [0.29, 0.717) is 6.54 Å². The van der Waals surface area contributed by atoms with Crippen LogP contribution in [0.4, 0.5) is 16.2 Å². The molecule has 2 rings (SSSR count). The molecule has 0 radical (unpaired) electrons. The first-order chi connectivity index (χ1) is 15.2. The van der Waals surface area contributed by atoms with E-state index < -0.39 is 28.5 Å². The smallest absolute Gasteiger partial charge is 0.429 e. The molecule has 0 aromatic heterocycles. The van der Waals surface area contributed by atoms with Gasteiger partial charge in [-0.1, -0.05) is 20.3 Å². The van der Waals surface area contributed by atoms with Gasteiger partial charge in [0, 0.05) is 30.3 Å². The van der Waals surface area contributed by atoms with Crippen LogP contribution in [0.3, 0.4) is 0 Å². The second-order valence-electron chi connectivity index (χ2n) is 7.10. The van der Waals surface area contributed by atoms with Gasteiger partial charge in [-0.3, -0.25) is 25.0 Å². The van der Waals surface area contributed by atoms with Crippen molar-refractivity contribution in [3.8, 4) is 5.75 Å². The highest BCUT2D eigenvalue weighted by molar-refractivity contribution is 5.95. The monoisotopic (exact) mass is 445 g/mol. The molecule has 0 saturated heterocycles. The molecule has 32 heavy (non-hydrogen) atoms. The number of carbonyl (C=O) groups is 2. The van der Waals surface area contributed by atoms with Crippen molar-refractivity contribution >= 4 is 23.4 Å². The first kappa shape index (κ1) is 24.3. The number of nitrogens with one attached hydrogen (secondary N) is 1. The normalized spacial score (nSPS) is 11.3. The molecule has 0 bridgehead atoms. The minimum atomic E-state index is -1.14. The highest BCUT2D eigenvalue weighted by atomic mass is 16.7. The van der Waals surface area contributed by atoms with Gasteiger partial charge in [0.15, 0.2) is 0 Å². The Morgan fingerprint density at radius 3 is 2.34 bits per heavy atom. The van der Waals surface area contributed by atoms with E-state index in [2.05, 4.69) is 5.32 Å². The third kappa shape index (κ3) is 7.04. The largest absolute Gasteiger partial charge is 0.514 e. The van der Waals surface area contributed by atoms with Crippen LogP contribution in [0, 0.1) is 26.1 Å². The molecule has 0 spiro atoms. The lowest BCUT2D eigenvalue weighted by Gasteiger charge is -2.12. The Kier molecular flexibility index (Phi) is 8.63. The summed E-state index contributed by atoms with van der Waals surface area (Å²) in [4.78, 5) is 44.9. The van der Waals surface area contributed by atoms with Crippen molar-refractivity contribution in [2.75, 3.05) is 6.54 Å². The number of hydrogen-bond acceptors (Lipinski definition) is 8. The van der Waals surface area contributed by atoms with Gasteiger partial charge in [-0.15, -0.1) is 0 Å². The van der Waals surface area contributed by atoms with Gasteiger partial charge < -0.3 is 14.8 Å². The fourth-order valence-corrected chi connectivity index (χ4v) is 2.86. The van der Waals surface area contributed by atoms with Crippen molar-refractivity contribution in [2.45, 2.75) is 33.3 Å². The Bertz CT molecular complexity index is 991. The van der Waals surface area contributed by atoms with Crippen LogP contribution < -0.4 is 10.1 Å². The van der Waals surface area contributed by atoms with Gasteiger partial charge >= 0.3 is 6.16 Å². The molecule has 1 N–H and O–H groups in total. The molecular weight excluding hydrogens is 422 g/mol. The number of hydrogen-bond donors (Lipinski definition) is 1. The molecule has 0 saturated carbocycles.